The van der Waals surface area contributed by atoms with E-state index in [-0.39, 0.29) is 11.9 Å². The van der Waals surface area contributed by atoms with Crippen molar-refractivity contribution in [1.29, 1.82) is 0 Å². The largest absolute Gasteiger partial charge is 0.339 e. The van der Waals surface area contributed by atoms with Gasteiger partial charge < -0.3 is 15.5 Å². The van der Waals surface area contributed by atoms with E-state index >= 15 is 0 Å². The molecular formula is C19H33N3O2. The predicted octanol–water partition coefficient (Wildman–Crippen LogP) is 2.15. The second-order valence-corrected chi connectivity index (χ2v) is 8.03. The molecule has 0 aromatic heterocycles. The standard InChI is InChI=1S/C19H33N3O2/c20-17-8-4-7-16(17)14-19(24)22-11-9-21(10-12-22)18(23)13-15-5-2-1-3-6-15/h15-17H,1-14,20H2/t16-,17+/m0/s1. The minimum Gasteiger partial charge on any atom is -0.339 e. The van der Waals surface area contributed by atoms with Gasteiger partial charge in [-0.3, -0.25) is 9.59 Å². The average Bonchev–Trinajstić information content (AvgIpc) is 3.00. The quantitative estimate of drug-likeness (QED) is 0.856. The Morgan fingerprint density at radius 3 is 1.88 bits per heavy atom. The molecule has 0 unspecified atom stereocenters. The van der Waals surface area contributed by atoms with Gasteiger partial charge in [0.25, 0.3) is 0 Å². The molecule has 0 aromatic carbocycles. The van der Waals surface area contributed by atoms with Crippen LogP contribution in [-0.4, -0.2) is 53.8 Å². The number of nitrogens with two attached hydrogens (primary N) is 1. The molecular weight excluding hydrogens is 302 g/mol. The molecule has 0 radical (unpaired) electrons. The zero-order valence-electron chi connectivity index (χ0n) is 14.9. The first-order chi connectivity index (χ1) is 11.6. The molecule has 24 heavy (non-hydrogen) atoms. The van der Waals surface area contributed by atoms with Crippen LogP contribution in [0.2, 0.25) is 0 Å². The van der Waals surface area contributed by atoms with Gasteiger partial charge in [0, 0.05) is 45.1 Å². The van der Waals surface area contributed by atoms with Crippen LogP contribution in [0.15, 0.2) is 0 Å². The smallest absolute Gasteiger partial charge is 0.223 e. The minimum absolute atomic E-state index is 0.201. The van der Waals surface area contributed by atoms with Gasteiger partial charge >= 0.3 is 0 Å². The highest BCUT2D eigenvalue weighted by Crippen LogP contribution is 2.28. The van der Waals surface area contributed by atoms with E-state index in [4.69, 9.17) is 5.73 Å². The molecule has 3 rings (SSSR count). The van der Waals surface area contributed by atoms with Crippen molar-refractivity contribution >= 4 is 11.8 Å². The Balaban J connectivity index is 1.40. The summed E-state index contributed by atoms with van der Waals surface area (Å²) in [6.07, 6.45) is 10.9. The Hall–Kier alpha value is -1.10. The Kier molecular flexibility index (Phi) is 6.14. The van der Waals surface area contributed by atoms with Gasteiger partial charge in [-0.1, -0.05) is 25.7 Å². The number of hydrogen-bond acceptors (Lipinski definition) is 3. The van der Waals surface area contributed by atoms with Gasteiger partial charge in [-0.25, -0.2) is 0 Å². The molecule has 3 fully saturated rings. The fraction of sp³-hybridized carbons (Fsp3) is 0.895. The zero-order valence-corrected chi connectivity index (χ0v) is 14.9. The molecule has 3 aliphatic rings. The summed E-state index contributed by atoms with van der Waals surface area (Å²) in [4.78, 5) is 28.8. The van der Waals surface area contributed by atoms with Gasteiger partial charge in [0.05, 0.1) is 0 Å². The number of rotatable bonds is 4. The molecule has 136 valence electrons. The van der Waals surface area contributed by atoms with Gasteiger partial charge in [0.2, 0.25) is 11.8 Å². The average molecular weight is 335 g/mol. The normalized spacial score (nSPS) is 29.0. The molecule has 0 bridgehead atoms. The van der Waals surface area contributed by atoms with Crippen molar-refractivity contribution in [3.8, 4) is 0 Å². The van der Waals surface area contributed by atoms with Crippen molar-refractivity contribution < 1.29 is 9.59 Å². The van der Waals surface area contributed by atoms with Gasteiger partial charge in [0.15, 0.2) is 0 Å². The van der Waals surface area contributed by atoms with Crippen molar-refractivity contribution in [2.24, 2.45) is 17.6 Å². The Labute approximate surface area is 145 Å². The Bertz CT molecular complexity index is 440. The van der Waals surface area contributed by atoms with Crippen LogP contribution in [0.5, 0.6) is 0 Å². The summed E-state index contributed by atoms with van der Waals surface area (Å²) in [6, 6.07) is 0.201. The van der Waals surface area contributed by atoms with E-state index in [1.165, 1.54) is 32.1 Å². The third-order valence-corrected chi connectivity index (χ3v) is 6.33. The maximum Gasteiger partial charge on any atom is 0.223 e. The Morgan fingerprint density at radius 2 is 1.33 bits per heavy atom. The topological polar surface area (TPSA) is 66.6 Å². The molecule has 1 heterocycles. The molecule has 5 nitrogen and oxygen atoms in total. The highest BCUT2D eigenvalue weighted by atomic mass is 16.2. The van der Waals surface area contributed by atoms with Gasteiger partial charge in [-0.05, 0) is 37.5 Å². The molecule has 5 heteroatoms. The maximum atomic E-state index is 12.5. The van der Waals surface area contributed by atoms with Gasteiger partial charge in [0.1, 0.15) is 0 Å². The summed E-state index contributed by atoms with van der Waals surface area (Å²) >= 11 is 0. The van der Waals surface area contributed by atoms with Crippen LogP contribution in [0, 0.1) is 11.8 Å². The fourth-order valence-corrected chi connectivity index (χ4v) is 4.64. The van der Waals surface area contributed by atoms with E-state index < -0.39 is 0 Å². The third kappa shape index (κ3) is 4.50. The van der Waals surface area contributed by atoms with Crippen molar-refractivity contribution in [3.05, 3.63) is 0 Å². The van der Waals surface area contributed by atoms with E-state index in [0.29, 0.717) is 56.8 Å². The minimum atomic E-state index is 0.201. The lowest BCUT2D eigenvalue weighted by Gasteiger charge is -2.36. The van der Waals surface area contributed by atoms with E-state index in [1.807, 2.05) is 9.80 Å². The Morgan fingerprint density at radius 1 is 0.750 bits per heavy atom. The number of piperazine rings is 1. The van der Waals surface area contributed by atoms with Gasteiger partial charge in [-0.2, -0.15) is 0 Å². The highest BCUT2D eigenvalue weighted by Gasteiger charge is 2.30. The van der Waals surface area contributed by atoms with Crippen LogP contribution in [0.4, 0.5) is 0 Å². The van der Waals surface area contributed by atoms with Gasteiger partial charge in [-0.15, -0.1) is 0 Å². The van der Waals surface area contributed by atoms with Crippen LogP contribution < -0.4 is 5.73 Å². The molecule has 2 N–H and O–H groups in total. The third-order valence-electron chi connectivity index (χ3n) is 6.33. The summed E-state index contributed by atoms with van der Waals surface area (Å²) in [6.45, 7) is 2.79. The number of hydrogen-bond donors (Lipinski definition) is 1. The van der Waals surface area contributed by atoms with Crippen molar-refractivity contribution in [2.75, 3.05) is 26.2 Å². The van der Waals surface area contributed by atoms with Crippen LogP contribution in [0.25, 0.3) is 0 Å². The summed E-state index contributed by atoms with van der Waals surface area (Å²) in [5.41, 5.74) is 6.08. The van der Waals surface area contributed by atoms with Crippen LogP contribution in [-0.2, 0) is 9.59 Å². The van der Waals surface area contributed by atoms with Crippen molar-refractivity contribution in [3.63, 3.8) is 0 Å². The van der Waals surface area contributed by atoms with Crippen LogP contribution >= 0.6 is 0 Å². The van der Waals surface area contributed by atoms with Crippen molar-refractivity contribution in [2.45, 2.75) is 70.3 Å². The lowest BCUT2D eigenvalue weighted by molar-refractivity contribution is -0.140. The maximum absolute atomic E-state index is 12.5. The summed E-state index contributed by atoms with van der Waals surface area (Å²) < 4.78 is 0. The van der Waals surface area contributed by atoms with E-state index in [0.717, 1.165) is 19.3 Å². The molecule has 2 amide bonds. The first-order valence-corrected chi connectivity index (χ1v) is 9.94. The zero-order chi connectivity index (χ0) is 16.9. The first-order valence-electron chi connectivity index (χ1n) is 9.94. The SMILES string of the molecule is N[C@@H]1CCC[C@H]1CC(=O)N1CCN(C(=O)CC2CCCCC2)CC1. The molecule has 2 saturated carbocycles. The summed E-state index contributed by atoms with van der Waals surface area (Å²) in [5.74, 6) is 1.49. The molecule has 1 aliphatic heterocycles. The van der Waals surface area contributed by atoms with E-state index in [9.17, 15) is 9.59 Å². The second kappa shape index (κ2) is 8.32. The molecule has 2 aliphatic carbocycles. The van der Waals surface area contributed by atoms with Crippen LogP contribution in [0.3, 0.4) is 0 Å². The monoisotopic (exact) mass is 335 g/mol. The number of nitrogens with zero attached hydrogens (tertiary/aromatic N) is 2. The highest BCUT2D eigenvalue weighted by molar-refractivity contribution is 5.78. The second-order valence-electron chi connectivity index (χ2n) is 8.03. The van der Waals surface area contributed by atoms with Crippen LogP contribution in [0.1, 0.15) is 64.2 Å². The molecule has 1 saturated heterocycles. The molecule has 0 spiro atoms. The van der Waals surface area contributed by atoms with E-state index in [2.05, 4.69) is 0 Å². The van der Waals surface area contributed by atoms with Crippen molar-refractivity contribution in [1.82, 2.24) is 9.80 Å². The lowest BCUT2D eigenvalue weighted by Crippen LogP contribution is -2.51. The fourth-order valence-electron chi connectivity index (χ4n) is 4.64. The first kappa shape index (κ1) is 17.7. The lowest BCUT2D eigenvalue weighted by atomic mass is 9.86. The predicted molar refractivity (Wildman–Crippen MR) is 94.3 cm³/mol. The summed E-state index contributed by atoms with van der Waals surface area (Å²) in [7, 11) is 0. The number of carbonyl (C=O) groups is 2. The number of amides is 2. The number of carbonyl (C=O) groups excluding carboxylic acids is 2. The molecule has 2 atom stereocenters. The summed E-state index contributed by atoms with van der Waals surface area (Å²) in [5, 5.41) is 0. The van der Waals surface area contributed by atoms with E-state index in [1.54, 1.807) is 0 Å². The molecule has 0 aromatic rings.